The summed E-state index contributed by atoms with van der Waals surface area (Å²) < 4.78 is 21.5. The van der Waals surface area contributed by atoms with E-state index in [1.54, 1.807) is 11.8 Å². The summed E-state index contributed by atoms with van der Waals surface area (Å²) in [6, 6.07) is 3.57. The Kier molecular flexibility index (Phi) is 4.32. The number of hydrogen-bond acceptors (Lipinski definition) is 3. The summed E-state index contributed by atoms with van der Waals surface area (Å²) in [7, 11) is 1.61. The number of rotatable bonds is 2. The first kappa shape index (κ1) is 14.6. The molecule has 0 unspecified atom stereocenters. The van der Waals surface area contributed by atoms with Gasteiger partial charge in [-0.15, -0.1) is 12.4 Å². The Morgan fingerprint density at radius 3 is 2.89 bits per heavy atom. The summed E-state index contributed by atoms with van der Waals surface area (Å²) in [5, 5.41) is 8.43. The maximum Gasteiger partial charge on any atom is 0.136 e. The van der Waals surface area contributed by atoms with Crippen molar-refractivity contribution in [3.8, 4) is 5.75 Å². The van der Waals surface area contributed by atoms with Crippen LogP contribution in [0.25, 0.3) is 10.9 Å². The predicted octanol–water partition coefficient (Wildman–Crippen LogP) is 2.71. The van der Waals surface area contributed by atoms with Gasteiger partial charge in [0.15, 0.2) is 0 Å². The van der Waals surface area contributed by atoms with Crippen molar-refractivity contribution in [2.45, 2.75) is 12.2 Å². The highest BCUT2D eigenvalue weighted by Crippen LogP contribution is 2.30. The third-order valence-electron chi connectivity index (χ3n) is 3.25. The summed E-state index contributed by atoms with van der Waals surface area (Å²) >= 11 is 3.43. The number of aromatic nitrogens is 2. The third-order valence-corrected chi connectivity index (χ3v) is 3.87. The highest BCUT2D eigenvalue weighted by Gasteiger charge is 2.29. The molecule has 0 amide bonds. The zero-order chi connectivity index (χ0) is 12.7. The van der Waals surface area contributed by atoms with Crippen LogP contribution in [0.5, 0.6) is 5.75 Å². The molecule has 1 aliphatic rings. The SMILES string of the molecule is COc1cc2nn([C@H]3CNC[C@H]3F)cc2cc1Br.Cl. The van der Waals surface area contributed by atoms with Gasteiger partial charge in [0.1, 0.15) is 11.9 Å². The van der Waals surface area contributed by atoms with Gasteiger partial charge in [-0.25, -0.2) is 4.39 Å². The number of nitrogens with zero attached hydrogens (tertiary/aromatic N) is 2. The van der Waals surface area contributed by atoms with Crippen molar-refractivity contribution in [3.05, 3.63) is 22.8 Å². The van der Waals surface area contributed by atoms with E-state index >= 15 is 0 Å². The molecule has 2 heterocycles. The molecule has 1 saturated heterocycles. The Labute approximate surface area is 124 Å². The van der Waals surface area contributed by atoms with E-state index in [4.69, 9.17) is 4.74 Å². The van der Waals surface area contributed by atoms with Crippen LogP contribution in [0.2, 0.25) is 0 Å². The number of methoxy groups -OCH3 is 1. The van der Waals surface area contributed by atoms with Crippen molar-refractivity contribution in [2.24, 2.45) is 0 Å². The Morgan fingerprint density at radius 2 is 2.26 bits per heavy atom. The molecule has 3 rings (SSSR count). The second kappa shape index (κ2) is 5.64. The molecule has 0 saturated carbocycles. The first-order chi connectivity index (χ1) is 8.69. The van der Waals surface area contributed by atoms with Crippen molar-refractivity contribution in [3.63, 3.8) is 0 Å². The van der Waals surface area contributed by atoms with Gasteiger partial charge in [0, 0.05) is 30.7 Å². The Morgan fingerprint density at radius 1 is 1.47 bits per heavy atom. The summed E-state index contributed by atoms with van der Waals surface area (Å²) in [6.45, 7) is 1.02. The minimum absolute atomic E-state index is 0. The van der Waals surface area contributed by atoms with Crippen LogP contribution in [-0.2, 0) is 0 Å². The van der Waals surface area contributed by atoms with Gasteiger partial charge < -0.3 is 10.1 Å². The Bertz CT molecular complexity index is 592. The molecular formula is C12H14BrClFN3O. The first-order valence-corrected chi connectivity index (χ1v) is 6.55. The molecule has 1 aliphatic heterocycles. The lowest BCUT2D eigenvalue weighted by molar-refractivity contribution is 0.271. The van der Waals surface area contributed by atoms with E-state index in [2.05, 4.69) is 26.3 Å². The molecule has 104 valence electrons. The van der Waals surface area contributed by atoms with E-state index in [1.807, 2.05) is 18.3 Å². The first-order valence-electron chi connectivity index (χ1n) is 5.76. The summed E-state index contributed by atoms with van der Waals surface area (Å²) in [4.78, 5) is 0. The van der Waals surface area contributed by atoms with Gasteiger partial charge in [-0.05, 0) is 22.0 Å². The summed E-state index contributed by atoms with van der Waals surface area (Å²) in [5.74, 6) is 0.731. The number of nitrogens with one attached hydrogen (secondary N) is 1. The fourth-order valence-electron chi connectivity index (χ4n) is 2.26. The molecule has 0 aliphatic carbocycles. The second-order valence-electron chi connectivity index (χ2n) is 4.40. The predicted molar refractivity (Wildman–Crippen MR) is 78.0 cm³/mol. The van der Waals surface area contributed by atoms with Gasteiger partial charge in [-0.1, -0.05) is 0 Å². The minimum Gasteiger partial charge on any atom is -0.495 e. The Hall–Kier alpha value is -0.850. The quantitative estimate of drug-likeness (QED) is 0.905. The fourth-order valence-corrected chi connectivity index (χ4v) is 2.79. The smallest absolute Gasteiger partial charge is 0.136 e. The highest BCUT2D eigenvalue weighted by atomic mass is 79.9. The van der Waals surface area contributed by atoms with Crippen LogP contribution in [0.4, 0.5) is 4.39 Å². The van der Waals surface area contributed by atoms with Crippen LogP contribution >= 0.6 is 28.3 Å². The lowest BCUT2D eigenvalue weighted by Crippen LogP contribution is -2.18. The molecule has 1 fully saturated rings. The van der Waals surface area contributed by atoms with Crippen molar-refractivity contribution in [2.75, 3.05) is 20.2 Å². The van der Waals surface area contributed by atoms with Gasteiger partial charge >= 0.3 is 0 Å². The molecule has 0 radical (unpaired) electrons. The molecule has 7 heteroatoms. The van der Waals surface area contributed by atoms with Crippen LogP contribution in [0, 0.1) is 0 Å². The summed E-state index contributed by atoms with van der Waals surface area (Å²) in [6.07, 6.45) is 0.994. The van der Waals surface area contributed by atoms with Gasteiger partial charge in [-0.3, -0.25) is 4.68 Å². The Balaban J connectivity index is 0.00000133. The van der Waals surface area contributed by atoms with E-state index in [-0.39, 0.29) is 18.4 Å². The number of halogens is 3. The van der Waals surface area contributed by atoms with Crippen LogP contribution in [-0.4, -0.2) is 36.2 Å². The largest absolute Gasteiger partial charge is 0.495 e. The maximum absolute atomic E-state index is 13.7. The molecule has 2 atom stereocenters. The standard InChI is InChI=1S/C12H13BrFN3O.ClH/c1-18-12-3-10-7(2-8(12)13)6-17(16-10)11-5-15-4-9(11)14;/h2-3,6,9,11,15H,4-5H2,1H3;1H/t9-,11+;/m1./s1. The topological polar surface area (TPSA) is 39.1 Å². The van der Waals surface area contributed by atoms with Gasteiger partial charge in [0.25, 0.3) is 0 Å². The van der Waals surface area contributed by atoms with Crippen LogP contribution < -0.4 is 10.1 Å². The maximum atomic E-state index is 13.7. The van der Waals surface area contributed by atoms with Crippen LogP contribution in [0.1, 0.15) is 6.04 Å². The highest BCUT2D eigenvalue weighted by molar-refractivity contribution is 9.10. The lowest BCUT2D eigenvalue weighted by Gasteiger charge is -2.11. The van der Waals surface area contributed by atoms with E-state index in [9.17, 15) is 4.39 Å². The minimum atomic E-state index is -0.885. The van der Waals surface area contributed by atoms with E-state index < -0.39 is 6.17 Å². The number of ether oxygens (including phenoxy) is 1. The van der Waals surface area contributed by atoms with E-state index in [0.717, 1.165) is 21.1 Å². The summed E-state index contributed by atoms with van der Waals surface area (Å²) in [5.41, 5.74) is 0.814. The van der Waals surface area contributed by atoms with Gasteiger partial charge in [-0.2, -0.15) is 5.10 Å². The molecule has 1 aromatic carbocycles. The van der Waals surface area contributed by atoms with Crippen molar-refractivity contribution in [1.82, 2.24) is 15.1 Å². The molecule has 1 aromatic heterocycles. The van der Waals surface area contributed by atoms with E-state index in [1.165, 1.54) is 0 Å². The molecule has 0 spiro atoms. The molecule has 1 N–H and O–H groups in total. The van der Waals surface area contributed by atoms with Crippen LogP contribution in [0.3, 0.4) is 0 Å². The lowest BCUT2D eigenvalue weighted by atomic mass is 10.2. The van der Waals surface area contributed by atoms with Crippen LogP contribution in [0.15, 0.2) is 22.8 Å². The zero-order valence-electron chi connectivity index (χ0n) is 10.3. The molecule has 2 aromatic rings. The third kappa shape index (κ3) is 2.57. The second-order valence-corrected chi connectivity index (χ2v) is 5.25. The monoisotopic (exact) mass is 349 g/mol. The van der Waals surface area contributed by atoms with E-state index in [0.29, 0.717) is 13.1 Å². The van der Waals surface area contributed by atoms with Gasteiger partial charge in [0.2, 0.25) is 0 Å². The number of fused-ring (bicyclic) bond motifs is 1. The van der Waals surface area contributed by atoms with Crippen molar-refractivity contribution >= 4 is 39.2 Å². The van der Waals surface area contributed by atoms with Gasteiger partial charge in [0.05, 0.1) is 23.1 Å². The zero-order valence-corrected chi connectivity index (χ0v) is 12.7. The average molecular weight is 351 g/mol. The fraction of sp³-hybridized carbons (Fsp3) is 0.417. The number of alkyl halides is 1. The number of benzene rings is 1. The molecule has 4 nitrogen and oxygen atoms in total. The molecule has 19 heavy (non-hydrogen) atoms. The van der Waals surface area contributed by atoms with Crippen molar-refractivity contribution < 1.29 is 9.13 Å². The number of hydrogen-bond donors (Lipinski definition) is 1. The molecular weight excluding hydrogens is 337 g/mol. The average Bonchev–Trinajstić information content (AvgIpc) is 2.93. The molecule has 0 bridgehead atoms. The van der Waals surface area contributed by atoms with Crippen molar-refractivity contribution in [1.29, 1.82) is 0 Å². The normalized spacial score (nSPS) is 22.5.